The van der Waals surface area contributed by atoms with Crippen LogP contribution in [0.25, 0.3) is 0 Å². The molecule has 1 atom stereocenters. The molecular formula is C43H82O6. The minimum absolute atomic E-state index is 0.0654. The molecule has 0 unspecified atom stereocenters. The average Bonchev–Trinajstić information content (AvgIpc) is 3.09. The standard InChI is InChI=1S/C43H82O6/c1-4-7-10-13-15-16-17-18-19-20-21-22-23-24-25-26-28-31-34-37-43(46)49-40(38-47-41(44)35-32-29-12-9-6-3)39-48-42(45)36-33-30-27-14-11-8-5-2/h40H,4-39H2,1-3H3/t40-/m1/s1. The number of carbonyl (C=O) groups excluding carboxylic acids is 3. The second kappa shape index (κ2) is 39.2. The van der Waals surface area contributed by atoms with Crippen molar-refractivity contribution in [2.24, 2.45) is 0 Å². The smallest absolute Gasteiger partial charge is 0.306 e. The summed E-state index contributed by atoms with van der Waals surface area (Å²) in [4.78, 5) is 37.2. The van der Waals surface area contributed by atoms with Gasteiger partial charge in [0.15, 0.2) is 6.10 Å². The van der Waals surface area contributed by atoms with Crippen molar-refractivity contribution in [3.8, 4) is 0 Å². The molecule has 0 spiro atoms. The average molecular weight is 695 g/mol. The molecule has 0 bridgehead atoms. The second-order valence-electron chi connectivity index (χ2n) is 14.6. The molecule has 0 radical (unpaired) electrons. The van der Waals surface area contributed by atoms with Gasteiger partial charge < -0.3 is 14.2 Å². The molecule has 0 saturated carbocycles. The molecule has 0 saturated heterocycles. The number of rotatable bonds is 39. The van der Waals surface area contributed by atoms with Gasteiger partial charge in [0.25, 0.3) is 0 Å². The Balaban J connectivity index is 4.07. The Kier molecular flexibility index (Phi) is 37.9. The second-order valence-corrected chi connectivity index (χ2v) is 14.6. The first kappa shape index (κ1) is 47.4. The molecule has 6 heteroatoms. The fraction of sp³-hybridized carbons (Fsp3) is 0.930. The van der Waals surface area contributed by atoms with Crippen molar-refractivity contribution in [2.45, 2.75) is 245 Å². The van der Waals surface area contributed by atoms with E-state index in [2.05, 4.69) is 20.8 Å². The highest BCUT2D eigenvalue weighted by molar-refractivity contribution is 5.71. The summed E-state index contributed by atoms with van der Waals surface area (Å²) in [5.74, 6) is -0.878. The maximum atomic E-state index is 12.6. The summed E-state index contributed by atoms with van der Waals surface area (Å²) in [5, 5.41) is 0. The highest BCUT2D eigenvalue weighted by Crippen LogP contribution is 2.16. The zero-order valence-electron chi connectivity index (χ0n) is 33.0. The molecule has 290 valence electrons. The van der Waals surface area contributed by atoms with E-state index in [4.69, 9.17) is 14.2 Å². The van der Waals surface area contributed by atoms with E-state index in [1.807, 2.05) is 0 Å². The van der Waals surface area contributed by atoms with Crippen LogP contribution >= 0.6 is 0 Å². The summed E-state index contributed by atoms with van der Waals surface area (Å²) in [6.45, 7) is 6.52. The maximum Gasteiger partial charge on any atom is 0.306 e. The monoisotopic (exact) mass is 695 g/mol. The molecule has 0 aliphatic heterocycles. The Morgan fingerprint density at radius 3 is 0.816 bits per heavy atom. The first-order chi connectivity index (χ1) is 24.0. The molecule has 0 aromatic rings. The predicted octanol–water partition coefficient (Wildman–Crippen LogP) is 13.3. The van der Waals surface area contributed by atoms with E-state index in [0.717, 1.165) is 64.2 Å². The largest absolute Gasteiger partial charge is 0.462 e. The molecular weight excluding hydrogens is 612 g/mol. The number of esters is 3. The van der Waals surface area contributed by atoms with E-state index in [9.17, 15) is 14.4 Å². The molecule has 0 aliphatic rings. The van der Waals surface area contributed by atoms with Crippen molar-refractivity contribution < 1.29 is 28.6 Å². The van der Waals surface area contributed by atoms with Gasteiger partial charge in [-0.05, 0) is 19.3 Å². The zero-order valence-corrected chi connectivity index (χ0v) is 33.0. The van der Waals surface area contributed by atoms with Crippen molar-refractivity contribution in [2.75, 3.05) is 13.2 Å². The number of ether oxygens (including phenoxy) is 3. The van der Waals surface area contributed by atoms with Crippen molar-refractivity contribution in [1.82, 2.24) is 0 Å². The van der Waals surface area contributed by atoms with Crippen molar-refractivity contribution in [3.05, 3.63) is 0 Å². The number of unbranched alkanes of at least 4 members (excludes halogenated alkanes) is 28. The summed E-state index contributed by atoms with van der Waals surface area (Å²) in [7, 11) is 0. The summed E-state index contributed by atoms with van der Waals surface area (Å²) < 4.78 is 16.5. The molecule has 0 amide bonds. The Hall–Kier alpha value is -1.59. The van der Waals surface area contributed by atoms with E-state index < -0.39 is 6.10 Å². The van der Waals surface area contributed by atoms with Gasteiger partial charge in [0.05, 0.1) is 0 Å². The summed E-state index contributed by atoms with van der Waals surface area (Å²) in [5.41, 5.74) is 0. The Morgan fingerprint density at radius 2 is 0.551 bits per heavy atom. The molecule has 0 aromatic carbocycles. The van der Waals surface area contributed by atoms with E-state index in [0.29, 0.717) is 19.3 Å². The van der Waals surface area contributed by atoms with Gasteiger partial charge in [-0.3, -0.25) is 14.4 Å². The van der Waals surface area contributed by atoms with Crippen LogP contribution in [0.4, 0.5) is 0 Å². The molecule has 0 aromatic heterocycles. The van der Waals surface area contributed by atoms with Gasteiger partial charge in [0.1, 0.15) is 13.2 Å². The van der Waals surface area contributed by atoms with Crippen molar-refractivity contribution >= 4 is 17.9 Å². The Labute approximate surface area is 304 Å². The van der Waals surface area contributed by atoms with Crippen LogP contribution in [0.2, 0.25) is 0 Å². The Bertz CT molecular complexity index is 723. The number of hydrogen-bond acceptors (Lipinski definition) is 6. The van der Waals surface area contributed by atoms with Crippen molar-refractivity contribution in [3.63, 3.8) is 0 Å². The van der Waals surface area contributed by atoms with E-state index in [-0.39, 0.29) is 31.1 Å². The van der Waals surface area contributed by atoms with Gasteiger partial charge in [0, 0.05) is 19.3 Å². The Morgan fingerprint density at radius 1 is 0.327 bits per heavy atom. The molecule has 0 heterocycles. The lowest BCUT2D eigenvalue weighted by Gasteiger charge is -2.18. The van der Waals surface area contributed by atoms with Crippen LogP contribution in [-0.2, 0) is 28.6 Å². The van der Waals surface area contributed by atoms with Gasteiger partial charge in [-0.25, -0.2) is 0 Å². The highest BCUT2D eigenvalue weighted by Gasteiger charge is 2.19. The van der Waals surface area contributed by atoms with Crippen molar-refractivity contribution in [1.29, 1.82) is 0 Å². The van der Waals surface area contributed by atoms with Gasteiger partial charge in [-0.2, -0.15) is 0 Å². The van der Waals surface area contributed by atoms with Crippen LogP contribution in [0.5, 0.6) is 0 Å². The highest BCUT2D eigenvalue weighted by atomic mass is 16.6. The molecule has 0 N–H and O–H groups in total. The predicted molar refractivity (Wildman–Crippen MR) is 206 cm³/mol. The van der Waals surface area contributed by atoms with E-state index >= 15 is 0 Å². The third kappa shape index (κ3) is 37.5. The fourth-order valence-electron chi connectivity index (χ4n) is 6.32. The van der Waals surface area contributed by atoms with Crippen LogP contribution < -0.4 is 0 Å². The first-order valence-electron chi connectivity index (χ1n) is 21.5. The van der Waals surface area contributed by atoms with Gasteiger partial charge >= 0.3 is 17.9 Å². The fourth-order valence-corrected chi connectivity index (χ4v) is 6.32. The lowest BCUT2D eigenvalue weighted by atomic mass is 10.0. The van der Waals surface area contributed by atoms with E-state index in [1.165, 1.54) is 135 Å². The van der Waals surface area contributed by atoms with Gasteiger partial charge in [-0.15, -0.1) is 0 Å². The van der Waals surface area contributed by atoms with Crippen LogP contribution in [0.3, 0.4) is 0 Å². The lowest BCUT2D eigenvalue weighted by molar-refractivity contribution is -0.167. The van der Waals surface area contributed by atoms with E-state index in [1.54, 1.807) is 0 Å². The first-order valence-corrected chi connectivity index (χ1v) is 21.5. The number of hydrogen-bond donors (Lipinski definition) is 0. The summed E-state index contributed by atoms with van der Waals surface area (Å²) in [6, 6.07) is 0. The molecule has 0 rings (SSSR count). The maximum absolute atomic E-state index is 12.6. The van der Waals surface area contributed by atoms with Crippen LogP contribution in [0.15, 0.2) is 0 Å². The SMILES string of the molecule is CCCCCCCCCCCCCCCCCCCCCC(=O)O[C@H](COC(=O)CCCCCCC)COC(=O)CCCCCCCCC. The lowest BCUT2D eigenvalue weighted by Crippen LogP contribution is -2.30. The minimum atomic E-state index is -0.755. The summed E-state index contributed by atoms with van der Waals surface area (Å²) >= 11 is 0. The molecule has 49 heavy (non-hydrogen) atoms. The molecule has 6 nitrogen and oxygen atoms in total. The van der Waals surface area contributed by atoms with Crippen LogP contribution in [-0.4, -0.2) is 37.2 Å². The van der Waals surface area contributed by atoms with Gasteiger partial charge in [-0.1, -0.05) is 201 Å². The zero-order chi connectivity index (χ0) is 35.9. The normalized spacial score (nSPS) is 11.8. The topological polar surface area (TPSA) is 78.9 Å². The quantitative estimate of drug-likeness (QED) is 0.0362. The van der Waals surface area contributed by atoms with Crippen LogP contribution in [0.1, 0.15) is 239 Å². The molecule has 0 fully saturated rings. The minimum Gasteiger partial charge on any atom is -0.462 e. The summed E-state index contributed by atoms with van der Waals surface area (Å²) in [6.07, 6.45) is 38.5. The number of carbonyl (C=O) groups is 3. The third-order valence-electron chi connectivity index (χ3n) is 9.61. The molecule has 0 aliphatic carbocycles. The third-order valence-corrected chi connectivity index (χ3v) is 9.61. The van der Waals surface area contributed by atoms with Gasteiger partial charge in [0.2, 0.25) is 0 Å². The van der Waals surface area contributed by atoms with Crippen LogP contribution in [0, 0.1) is 0 Å².